The lowest BCUT2D eigenvalue weighted by atomic mass is 9.99. The first-order chi connectivity index (χ1) is 13.4. The highest BCUT2D eigenvalue weighted by Gasteiger charge is 2.36. The second-order valence-electron chi connectivity index (χ2n) is 6.81. The zero-order valence-corrected chi connectivity index (χ0v) is 17.0. The fourth-order valence-corrected chi connectivity index (χ4v) is 3.21. The molecule has 8 nitrogen and oxygen atoms in total. The summed E-state index contributed by atoms with van der Waals surface area (Å²) in [4.78, 5) is 29.8. The molecule has 1 aromatic carbocycles. The Hall–Kier alpha value is -2.77. The average Bonchev–Trinajstić information content (AvgIpc) is 3.05. The minimum absolute atomic E-state index is 0.123. The van der Waals surface area contributed by atoms with Crippen LogP contribution in [-0.2, 0) is 14.3 Å². The largest absolute Gasteiger partial charge is 0.492 e. The molecule has 28 heavy (non-hydrogen) atoms. The summed E-state index contributed by atoms with van der Waals surface area (Å²) >= 11 is 0. The molecule has 0 aliphatic carbocycles. The highest BCUT2D eigenvalue weighted by molar-refractivity contribution is 5.88. The molecule has 154 valence electrons. The highest BCUT2D eigenvalue weighted by Crippen LogP contribution is 2.24. The molecule has 1 saturated heterocycles. The van der Waals surface area contributed by atoms with Crippen molar-refractivity contribution in [2.45, 2.75) is 20.8 Å². The average molecular weight is 390 g/mol. The number of carbonyl (C=O) groups is 2. The van der Waals surface area contributed by atoms with Gasteiger partial charge in [0.05, 0.1) is 19.6 Å². The van der Waals surface area contributed by atoms with Crippen LogP contribution in [0.2, 0.25) is 0 Å². The van der Waals surface area contributed by atoms with Crippen molar-refractivity contribution in [1.29, 1.82) is 0 Å². The number of nitrogens with zero attached hydrogens (tertiary/aromatic N) is 2. The molecular weight excluding hydrogens is 360 g/mol. The van der Waals surface area contributed by atoms with Crippen molar-refractivity contribution in [3.05, 3.63) is 24.3 Å². The van der Waals surface area contributed by atoms with Crippen molar-refractivity contribution < 1.29 is 19.1 Å². The second-order valence-corrected chi connectivity index (χ2v) is 6.81. The van der Waals surface area contributed by atoms with E-state index in [9.17, 15) is 9.59 Å². The second kappa shape index (κ2) is 10.5. The van der Waals surface area contributed by atoms with Gasteiger partial charge in [0.2, 0.25) is 5.91 Å². The third-order valence-electron chi connectivity index (χ3n) is 4.53. The van der Waals surface area contributed by atoms with Crippen LogP contribution in [0.25, 0.3) is 0 Å². The van der Waals surface area contributed by atoms with Crippen molar-refractivity contribution in [3.63, 3.8) is 0 Å². The lowest BCUT2D eigenvalue weighted by Crippen LogP contribution is -2.41. The van der Waals surface area contributed by atoms with Gasteiger partial charge in [0, 0.05) is 38.3 Å². The number of esters is 1. The van der Waals surface area contributed by atoms with Crippen LogP contribution in [0.5, 0.6) is 5.75 Å². The number of benzene rings is 1. The van der Waals surface area contributed by atoms with Crippen LogP contribution in [-0.4, -0.2) is 62.6 Å². The zero-order chi connectivity index (χ0) is 20.5. The van der Waals surface area contributed by atoms with E-state index in [1.165, 1.54) is 14.0 Å². The van der Waals surface area contributed by atoms with Crippen molar-refractivity contribution in [2.24, 2.45) is 16.8 Å². The first-order valence-corrected chi connectivity index (χ1v) is 9.56. The maximum Gasteiger partial charge on any atom is 0.310 e. The van der Waals surface area contributed by atoms with Gasteiger partial charge in [0.25, 0.3) is 0 Å². The molecule has 0 saturated carbocycles. The summed E-state index contributed by atoms with van der Waals surface area (Å²) < 4.78 is 10.6. The van der Waals surface area contributed by atoms with Gasteiger partial charge < -0.3 is 25.0 Å². The van der Waals surface area contributed by atoms with Crippen molar-refractivity contribution in [1.82, 2.24) is 10.2 Å². The number of nitrogens with one attached hydrogen (secondary N) is 2. The van der Waals surface area contributed by atoms with Crippen molar-refractivity contribution in [3.8, 4) is 5.75 Å². The molecule has 0 spiro atoms. The Morgan fingerprint density at radius 3 is 2.79 bits per heavy atom. The maximum atomic E-state index is 11.9. The standard InChI is InChI=1S/C20H30N4O4/c1-5-21-20(24-12-14(2)18(13-24)19(26)27-4)22-9-10-28-17-8-6-7-16(11-17)23-15(3)25/h6-8,11,14,18H,5,9-10,12-13H2,1-4H3,(H,21,22)(H,23,25). The molecule has 0 aromatic heterocycles. The topological polar surface area (TPSA) is 92.3 Å². The van der Waals surface area contributed by atoms with Gasteiger partial charge in [-0.2, -0.15) is 0 Å². The Bertz CT molecular complexity index is 707. The first kappa shape index (κ1) is 21.5. The molecule has 2 unspecified atom stereocenters. The summed E-state index contributed by atoms with van der Waals surface area (Å²) in [5.74, 6) is 1.23. The van der Waals surface area contributed by atoms with Gasteiger partial charge in [-0.05, 0) is 25.0 Å². The number of anilines is 1. The summed E-state index contributed by atoms with van der Waals surface area (Å²) in [6.07, 6.45) is 0. The number of ether oxygens (including phenoxy) is 2. The normalized spacial score (nSPS) is 19.3. The number of rotatable bonds is 7. The minimum atomic E-state index is -0.173. The smallest absolute Gasteiger partial charge is 0.310 e. The molecule has 1 aliphatic rings. The number of carbonyl (C=O) groups excluding carboxylic acids is 2. The zero-order valence-electron chi connectivity index (χ0n) is 17.0. The quantitative estimate of drug-likeness (QED) is 0.319. The van der Waals surface area contributed by atoms with E-state index >= 15 is 0 Å². The van der Waals surface area contributed by atoms with E-state index in [0.717, 1.165) is 19.0 Å². The van der Waals surface area contributed by atoms with Crippen LogP contribution in [0.4, 0.5) is 5.69 Å². The fraction of sp³-hybridized carbons (Fsp3) is 0.550. The Morgan fingerprint density at radius 2 is 2.11 bits per heavy atom. The molecule has 1 amide bonds. The summed E-state index contributed by atoms with van der Waals surface area (Å²) in [5.41, 5.74) is 0.696. The molecule has 2 N–H and O–H groups in total. The first-order valence-electron chi connectivity index (χ1n) is 9.56. The Balaban J connectivity index is 1.91. The fourth-order valence-electron chi connectivity index (χ4n) is 3.21. The molecule has 0 radical (unpaired) electrons. The third-order valence-corrected chi connectivity index (χ3v) is 4.53. The van der Waals surface area contributed by atoms with Crippen LogP contribution in [0.3, 0.4) is 0 Å². The highest BCUT2D eigenvalue weighted by atomic mass is 16.5. The number of aliphatic imine (C=N–C) groups is 1. The minimum Gasteiger partial charge on any atom is -0.492 e. The third kappa shape index (κ3) is 6.14. The Labute approximate surface area is 166 Å². The number of amides is 1. The molecule has 1 fully saturated rings. The SMILES string of the molecule is CCNC(=NCCOc1cccc(NC(C)=O)c1)N1CC(C)C(C(=O)OC)C1. The van der Waals surface area contributed by atoms with Gasteiger partial charge in [-0.3, -0.25) is 9.59 Å². The lowest BCUT2D eigenvalue weighted by Gasteiger charge is -2.21. The van der Waals surface area contributed by atoms with Crippen LogP contribution in [0.1, 0.15) is 20.8 Å². The van der Waals surface area contributed by atoms with Crippen LogP contribution in [0, 0.1) is 11.8 Å². The summed E-state index contributed by atoms with van der Waals surface area (Å²) in [6, 6.07) is 7.25. The van der Waals surface area contributed by atoms with Gasteiger partial charge in [0.15, 0.2) is 5.96 Å². The van der Waals surface area contributed by atoms with Gasteiger partial charge in [-0.25, -0.2) is 4.99 Å². The molecule has 2 atom stereocenters. The molecule has 1 heterocycles. The summed E-state index contributed by atoms with van der Waals surface area (Å²) in [5, 5.41) is 6.00. The lowest BCUT2D eigenvalue weighted by molar-refractivity contribution is -0.146. The van der Waals surface area contributed by atoms with E-state index in [4.69, 9.17) is 9.47 Å². The molecular formula is C20H30N4O4. The predicted molar refractivity (Wildman–Crippen MR) is 108 cm³/mol. The predicted octanol–water partition coefficient (Wildman–Crippen LogP) is 1.73. The van der Waals surface area contributed by atoms with E-state index in [1.54, 1.807) is 6.07 Å². The van der Waals surface area contributed by atoms with Crippen LogP contribution >= 0.6 is 0 Å². The number of guanidine groups is 1. The Morgan fingerprint density at radius 1 is 1.32 bits per heavy atom. The molecule has 2 rings (SSSR count). The van der Waals surface area contributed by atoms with E-state index < -0.39 is 0 Å². The number of likely N-dealkylation sites (tertiary alicyclic amines) is 1. The number of hydrogen-bond acceptors (Lipinski definition) is 5. The van der Waals surface area contributed by atoms with E-state index in [-0.39, 0.29) is 23.7 Å². The van der Waals surface area contributed by atoms with Gasteiger partial charge in [0.1, 0.15) is 12.4 Å². The molecule has 0 bridgehead atoms. The van der Waals surface area contributed by atoms with Gasteiger partial charge in [-0.1, -0.05) is 13.0 Å². The molecule has 8 heteroatoms. The molecule has 1 aliphatic heterocycles. The van der Waals surface area contributed by atoms with Gasteiger partial charge in [-0.15, -0.1) is 0 Å². The van der Waals surface area contributed by atoms with Crippen LogP contribution < -0.4 is 15.4 Å². The van der Waals surface area contributed by atoms with E-state index in [2.05, 4.69) is 27.4 Å². The number of methoxy groups -OCH3 is 1. The maximum absolute atomic E-state index is 11.9. The number of hydrogen-bond donors (Lipinski definition) is 2. The monoisotopic (exact) mass is 390 g/mol. The Kier molecular flexibility index (Phi) is 8.10. The molecule has 1 aromatic rings. The summed E-state index contributed by atoms with van der Waals surface area (Å²) in [6.45, 7) is 8.50. The van der Waals surface area contributed by atoms with Crippen LogP contribution in [0.15, 0.2) is 29.3 Å². The van der Waals surface area contributed by atoms with E-state index in [1.807, 2.05) is 25.1 Å². The van der Waals surface area contributed by atoms with E-state index in [0.29, 0.717) is 31.1 Å². The van der Waals surface area contributed by atoms with Crippen molar-refractivity contribution >= 4 is 23.5 Å². The van der Waals surface area contributed by atoms with Gasteiger partial charge >= 0.3 is 5.97 Å². The summed E-state index contributed by atoms with van der Waals surface area (Å²) in [7, 11) is 1.43. The van der Waals surface area contributed by atoms with Crippen molar-refractivity contribution in [2.75, 3.05) is 45.2 Å².